The van der Waals surface area contributed by atoms with Crippen molar-refractivity contribution in [3.63, 3.8) is 0 Å². The van der Waals surface area contributed by atoms with E-state index in [0.29, 0.717) is 17.5 Å². The van der Waals surface area contributed by atoms with Crippen LogP contribution in [0.5, 0.6) is 0 Å². The quantitative estimate of drug-likeness (QED) is 0.162. The summed E-state index contributed by atoms with van der Waals surface area (Å²) in [6.45, 7) is 0. The zero-order valence-electron chi connectivity index (χ0n) is 39.9. The van der Waals surface area contributed by atoms with Gasteiger partial charge in [-0.05, 0) is 108 Å². The van der Waals surface area contributed by atoms with E-state index in [1.54, 1.807) is 0 Å². The fourth-order valence-corrected chi connectivity index (χ4v) is 12.0. The summed E-state index contributed by atoms with van der Waals surface area (Å²) in [6.07, 6.45) is 0. The van der Waals surface area contributed by atoms with Crippen molar-refractivity contribution in [3.05, 3.63) is 249 Å². The van der Waals surface area contributed by atoms with Gasteiger partial charge in [0.15, 0.2) is 17.5 Å². The molecule has 74 heavy (non-hydrogen) atoms. The number of para-hydroxylation sites is 1. The van der Waals surface area contributed by atoms with Crippen LogP contribution in [0.4, 0.5) is 0 Å². The lowest BCUT2D eigenvalue weighted by Crippen LogP contribution is -2.01. The van der Waals surface area contributed by atoms with Gasteiger partial charge in [-0.2, -0.15) is 0 Å². The van der Waals surface area contributed by atoms with E-state index in [1.165, 1.54) is 70.3 Å². The highest BCUT2D eigenvalue weighted by Gasteiger charge is 2.21. The Morgan fingerprint density at radius 1 is 0.243 bits per heavy atom. The van der Waals surface area contributed by atoms with Crippen molar-refractivity contribution in [1.29, 1.82) is 0 Å². The molecular formula is C69H41N5. The van der Waals surface area contributed by atoms with Crippen LogP contribution in [0, 0.1) is 0 Å². The summed E-state index contributed by atoms with van der Waals surface area (Å²) in [4.78, 5) is 16.0. The van der Waals surface area contributed by atoms with Crippen LogP contribution in [0.25, 0.3) is 154 Å². The molecular weight excluding hydrogens is 899 g/mol. The van der Waals surface area contributed by atoms with Gasteiger partial charge in [0.05, 0.1) is 27.8 Å². The number of hydrogen-bond acceptors (Lipinski definition) is 3. The number of fused-ring (bicyclic) bond motifs is 14. The van der Waals surface area contributed by atoms with Crippen LogP contribution < -0.4 is 0 Å². The zero-order valence-corrected chi connectivity index (χ0v) is 39.9. The normalized spacial score (nSPS) is 12.1. The highest BCUT2D eigenvalue weighted by molar-refractivity contribution is 6.20. The smallest absolute Gasteiger partial charge is 0.164 e. The van der Waals surface area contributed by atoms with Gasteiger partial charge in [-0.3, -0.25) is 0 Å². The molecule has 0 unspecified atom stereocenters. The van der Waals surface area contributed by atoms with Crippen molar-refractivity contribution < 1.29 is 0 Å². The van der Waals surface area contributed by atoms with Crippen molar-refractivity contribution in [2.75, 3.05) is 0 Å². The maximum Gasteiger partial charge on any atom is 0.164 e. The average molecular weight is 940 g/mol. The standard InChI is InChI=1S/C69H41N5/c1-2-16-44-36-49(29-28-42(44)14-1)67-70-68(72-69(71-67)61-39-48-19-6-7-21-52(48)55-23-9-10-24-56(55)61)50-31-33-53-47(37-50)20-13-27-62(53)74-64-40-46-18-4-3-17-45(46)38-60(64)58-35-32-51(41-65(58)74)73-63-26-12-11-25-57(63)59-34-30-43-15-5-8-22-54(43)66(59)73/h1-41H. The maximum atomic E-state index is 5.37. The lowest BCUT2D eigenvalue weighted by atomic mass is 9.96. The Bertz CT molecular complexity index is 5040. The van der Waals surface area contributed by atoms with Gasteiger partial charge in [-0.25, -0.2) is 15.0 Å². The molecule has 0 fully saturated rings. The number of rotatable bonds is 5. The Morgan fingerprint density at radius 3 is 1.58 bits per heavy atom. The minimum atomic E-state index is 0.620. The van der Waals surface area contributed by atoms with Crippen molar-refractivity contribution in [1.82, 2.24) is 24.1 Å². The molecule has 0 amide bonds. The fourth-order valence-electron chi connectivity index (χ4n) is 12.0. The monoisotopic (exact) mass is 939 g/mol. The molecule has 5 nitrogen and oxygen atoms in total. The van der Waals surface area contributed by atoms with Crippen molar-refractivity contribution >= 4 is 108 Å². The first-order chi connectivity index (χ1) is 36.7. The second-order valence-corrected chi connectivity index (χ2v) is 19.6. The molecule has 0 saturated heterocycles. The van der Waals surface area contributed by atoms with E-state index < -0.39 is 0 Å². The molecule has 3 heterocycles. The predicted octanol–water partition coefficient (Wildman–Crippen LogP) is 18.0. The lowest BCUT2D eigenvalue weighted by molar-refractivity contribution is 1.08. The van der Waals surface area contributed by atoms with Crippen LogP contribution in [0.2, 0.25) is 0 Å². The third-order valence-electron chi connectivity index (χ3n) is 15.4. The minimum Gasteiger partial charge on any atom is -0.309 e. The second kappa shape index (κ2) is 15.8. The third kappa shape index (κ3) is 6.14. The molecule has 0 aliphatic carbocycles. The van der Waals surface area contributed by atoms with Gasteiger partial charge in [0, 0.05) is 54.7 Å². The van der Waals surface area contributed by atoms with Crippen LogP contribution in [-0.2, 0) is 0 Å². The first-order valence-corrected chi connectivity index (χ1v) is 25.2. The van der Waals surface area contributed by atoms with Gasteiger partial charge in [-0.15, -0.1) is 0 Å². The summed E-state index contributed by atoms with van der Waals surface area (Å²) in [7, 11) is 0. The van der Waals surface area contributed by atoms with Crippen LogP contribution in [-0.4, -0.2) is 24.1 Å². The number of nitrogens with zero attached hydrogens (tertiary/aromatic N) is 5. The highest BCUT2D eigenvalue weighted by atomic mass is 15.0. The largest absolute Gasteiger partial charge is 0.309 e. The van der Waals surface area contributed by atoms with E-state index in [9.17, 15) is 0 Å². The highest BCUT2D eigenvalue weighted by Crippen LogP contribution is 2.42. The van der Waals surface area contributed by atoms with Gasteiger partial charge in [0.1, 0.15) is 0 Å². The van der Waals surface area contributed by atoms with E-state index >= 15 is 0 Å². The molecule has 0 spiro atoms. The number of hydrogen-bond donors (Lipinski definition) is 0. The molecule has 0 radical (unpaired) electrons. The Hall–Kier alpha value is -9.97. The molecule has 0 bridgehead atoms. The van der Waals surface area contributed by atoms with Crippen molar-refractivity contribution in [2.24, 2.45) is 0 Å². The summed E-state index contributed by atoms with van der Waals surface area (Å²) in [5.74, 6) is 1.89. The molecule has 3 aromatic heterocycles. The molecule has 16 rings (SSSR count). The molecule has 0 aliphatic rings. The second-order valence-electron chi connectivity index (χ2n) is 19.6. The summed E-state index contributed by atoms with van der Waals surface area (Å²) >= 11 is 0. The molecule has 5 heteroatoms. The summed E-state index contributed by atoms with van der Waals surface area (Å²) < 4.78 is 4.95. The molecule has 0 saturated carbocycles. The minimum absolute atomic E-state index is 0.620. The van der Waals surface area contributed by atoms with Gasteiger partial charge in [-0.1, -0.05) is 194 Å². The molecule has 342 valence electrons. The molecule has 13 aromatic carbocycles. The summed E-state index contributed by atoms with van der Waals surface area (Å²) in [5, 5.41) is 18.9. The third-order valence-corrected chi connectivity index (χ3v) is 15.4. The Kier molecular flexibility index (Phi) is 8.68. The maximum absolute atomic E-state index is 5.37. The Balaban J connectivity index is 0.922. The molecule has 0 N–H and O–H groups in total. The number of aromatic nitrogens is 5. The van der Waals surface area contributed by atoms with E-state index in [0.717, 1.165) is 66.0 Å². The van der Waals surface area contributed by atoms with Crippen LogP contribution >= 0.6 is 0 Å². The summed E-state index contributed by atoms with van der Waals surface area (Å²) in [6, 6.07) is 90.2. The van der Waals surface area contributed by atoms with Crippen LogP contribution in [0.1, 0.15) is 0 Å². The molecule has 0 aliphatic heterocycles. The average Bonchev–Trinajstić information content (AvgIpc) is 4.02. The van der Waals surface area contributed by atoms with Crippen molar-refractivity contribution in [3.8, 4) is 45.5 Å². The zero-order chi connectivity index (χ0) is 48.4. The van der Waals surface area contributed by atoms with Crippen molar-refractivity contribution in [2.45, 2.75) is 0 Å². The number of benzene rings is 13. The molecule has 16 aromatic rings. The Morgan fingerprint density at radius 2 is 0.770 bits per heavy atom. The van der Waals surface area contributed by atoms with E-state index in [-0.39, 0.29) is 0 Å². The predicted molar refractivity (Wildman–Crippen MR) is 310 cm³/mol. The molecule has 0 atom stereocenters. The van der Waals surface area contributed by atoms with Gasteiger partial charge in [0.25, 0.3) is 0 Å². The van der Waals surface area contributed by atoms with Crippen LogP contribution in [0.3, 0.4) is 0 Å². The SMILES string of the molecule is c1ccc2cc(-c3nc(-c4ccc5c(-n6c7cc(-n8c9ccccc9c9ccc%10ccccc%10c98)ccc7c7cc8ccccc8cc76)cccc5c4)nc(-c4cc5ccccc5c5ccccc45)n3)ccc2c1. The first kappa shape index (κ1) is 40.7. The van der Waals surface area contributed by atoms with Gasteiger partial charge in [0.2, 0.25) is 0 Å². The van der Waals surface area contributed by atoms with E-state index in [4.69, 9.17) is 15.0 Å². The summed E-state index contributed by atoms with van der Waals surface area (Å²) in [5.41, 5.74) is 9.74. The lowest BCUT2D eigenvalue weighted by Gasteiger charge is -2.15. The fraction of sp³-hybridized carbons (Fsp3) is 0. The van der Waals surface area contributed by atoms with Crippen LogP contribution in [0.15, 0.2) is 249 Å². The van der Waals surface area contributed by atoms with E-state index in [2.05, 4.69) is 258 Å². The topological polar surface area (TPSA) is 48.5 Å². The Labute approximate surface area is 424 Å². The van der Waals surface area contributed by atoms with E-state index in [1.807, 2.05) is 0 Å². The van der Waals surface area contributed by atoms with Gasteiger partial charge < -0.3 is 9.13 Å². The first-order valence-electron chi connectivity index (χ1n) is 25.2. The van der Waals surface area contributed by atoms with Gasteiger partial charge >= 0.3 is 0 Å².